The van der Waals surface area contributed by atoms with Gasteiger partial charge in [-0.05, 0) is 43.4 Å². The molecule has 0 aliphatic carbocycles. The van der Waals surface area contributed by atoms with Crippen molar-refractivity contribution in [3.63, 3.8) is 0 Å². The summed E-state index contributed by atoms with van der Waals surface area (Å²) in [6, 6.07) is 19.2. The molecule has 19 heavy (non-hydrogen) atoms. The van der Waals surface area contributed by atoms with Crippen LogP contribution in [0.4, 0.5) is 0 Å². The Morgan fingerprint density at radius 1 is 0.947 bits per heavy atom. The summed E-state index contributed by atoms with van der Waals surface area (Å²) in [6.07, 6.45) is 2.34. The number of aryl methyl sites for hydroxylation is 1. The van der Waals surface area contributed by atoms with Crippen molar-refractivity contribution in [3.8, 4) is 0 Å². The normalized spacial score (nSPS) is 20.2. The summed E-state index contributed by atoms with van der Waals surface area (Å²) >= 11 is 0. The predicted octanol–water partition coefficient (Wildman–Crippen LogP) is 4.63. The third-order valence-corrected chi connectivity index (χ3v) is 3.93. The first-order chi connectivity index (χ1) is 9.17. The number of hydrogen-bond donors (Lipinski definition) is 0. The molecule has 98 valence electrons. The van der Waals surface area contributed by atoms with Crippen LogP contribution < -0.4 is 0 Å². The van der Waals surface area contributed by atoms with Crippen molar-refractivity contribution in [2.75, 3.05) is 0 Å². The molecule has 3 rings (SSSR count). The SMILES string of the molecule is CC1(C)OC(CCc2ccccc2)c2ccccc21. The summed E-state index contributed by atoms with van der Waals surface area (Å²) in [5.74, 6) is 0. The standard InChI is InChI=1S/C18H20O/c1-18(2)16-11-7-6-10-15(16)17(19-18)13-12-14-8-4-3-5-9-14/h3-11,17H,12-13H2,1-2H3. The quantitative estimate of drug-likeness (QED) is 0.774. The number of rotatable bonds is 3. The predicted molar refractivity (Wildman–Crippen MR) is 78.1 cm³/mol. The van der Waals surface area contributed by atoms with Gasteiger partial charge in [0.25, 0.3) is 0 Å². The van der Waals surface area contributed by atoms with E-state index in [1.165, 1.54) is 16.7 Å². The first kappa shape index (κ1) is 12.4. The molecule has 0 bridgehead atoms. The third kappa shape index (κ3) is 2.43. The summed E-state index contributed by atoms with van der Waals surface area (Å²) in [5, 5.41) is 0. The molecule has 2 aromatic rings. The molecule has 0 N–H and O–H groups in total. The minimum Gasteiger partial charge on any atom is -0.363 e. The molecule has 0 saturated heterocycles. The largest absolute Gasteiger partial charge is 0.363 e. The summed E-state index contributed by atoms with van der Waals surface area (Å²) in [7, 11) is 0. The highest BCUT2D eigenvalue weighted by atomic mass is 16.5. The molecule has 0 fully saturated rings. The fourth-order valence-electron chi connectivity index (χ4n) is 2.97. The molecule has 0 spiro atoms. The Morgan fingerprint density at radius 2 is 1.63 bits per heavy atom. The van der Waals surface area contributed by atoms with Gasteiger partial charge in [-0.15, -0.1) is 0 Å². The zero-order valence-corrected chi connectivity index (χ0v) is 11.6. The van der Waals surface area contributed by atoms with Gasteiger partial charge >= 0.3 is 0 Å². The van der Waals surface area contributed by atoms with Crippen molar-refractivity contribution in [1.29, 1.82) is 0 Å². The maximum absolute atomic E-state index is 6.24. The summed E-state index contributed by atoms with van der Waals surface area (Å²) in [5.41, 5.74) is 3.93. The van der Waals surface area contributed by atoms with E-state index in [2.05, 4.69) is 68.4 Å². The maximum atomic E-state index is 6.24. The number of hydrogen-bond acceptors (Lipinski definition) is 1. The molecule has 1 heteroatoms. The first-order valence-electron chi connectivity index (χ1n) is 6.98. The van der Waals surface area contributed by atoms with Crippen LogP contribution in [0.1, 0.15) is 43.1 Å². The molecule has 0 amide bonds. The third-order valence-electron chi connectivity index (χ3n) is 3.93. The van der Waals surface area contributed by atoms with Gasteiger partial charge in [0.05, 0.1) is 11.7 Å². The molecule has 1 heterocycles. The molecule has 1 unspecified atom stereocenters. The number of fused-ring (bicyclic) bond motifs is 1. The van der Waals surface area contributed by atoms with Crippen LogP contribution in [0, 0.1) is 0 Å². The van der Waals surface area contributed by atoms with E-state index >= 15 is 0 Å². The summed E-state index contributed by atoms with van der Waals surface area (Å²) in [6.45, 7) is 4.32. The molecule has 0 aromatic heterocycles. The summed E-state index contributed by atoms with van der Waals surface area (Å²) in [4.78, 5) is 0. The van der Waals surface area contributed by atoms with Crippen molar-refractivity contribution in [2.24, 2.45) is 0 Å². The van der Waals surface area contributed by atoms with E-state index in [0.717, 1.165) is 12.8 Å². The molecule has 1 aliphatic rings. The van der Waals surface area contributed by atoms with Crippen molar-refractivity contribution in [2.45, 2.75) is 38.4 Å². The molecule has 0 radical (unpaired) electrons. The van der Waals surface area contributed by atoms with E-state index in [-0.39, 0.29) is 11.7 Å². The van der Waals surface area contributed by atoms with E-state index in [1.54, 1.807) is 0 Å². The van der Waals surface area contributed by atoms with Gasteiger partial charge in [-0.1, -0.05) is 54.6 Å². The lowest BCUT2D eigenvalue weighted by molar-refractivity contribution is -0.0550. The van der Waals surface area contributed by atoms with Gasteiger partial charge in [0.1, 0.15) is 0 Å². The van der Waals surface area contributed by atoms with E-state index < -0.39 is 0 Å². The van der Waals surface area contributed by atoms with Gasteiger partial charge < -0.3 is 4.74 Å². The van der Waals surface area contributed by atoms with E-state index in [4.69, 9.17) is 4.74 Å². The lowest BCUT2D eigenvalue weighted by Crippen LogP contribution is -2.15. The highest BCUT2D eigenvalue weighted by molar-refractivity contribution is 5.37. The first-order valence-corrected chi connectivity index (χ1v) is 6.98. The van der Waals surface area contributed by atoms with Crippen LogP contribution in [-0.4, -0.2) is 0 Å². The van der Waals surface area contributed by atoms with Gasteiger partial charge in [0, 0.05) is 0 Å². The zero-order chi connectivity index (χ0) is 13.3. The Morgan fingerprint density at radius 3 is 2.42 bits per heavy atom. The van der Waals surface area contributed by atoms with Crippen LogP contribution in [0.25, 0.3) is 0 Å². The van der Waals surface area contributed by atoms with Gasteiger partial charge in [-0.25, -0.2) is 0 Å². The second-order valence-electron chi connectivity index (χ2n) is 5.73. The second kappa shape index (κ2) is 4.82. The lowest BCUT2D eigenvalue weighted by Gasteiger charge is -2.20. The minimum atomic E-state index is -0.155. The zero-order valence-electron chi connectivity index (χ0n) is 11.6. The smallest absolute Gasteiger partial charge is 0.0887 e. The van der Waals surface area contributed by atoms with E-state index in [1.807, 2.05) is 0 Å². The Labute approximate surface area is 115 Å². The highest BCUT2D eigenvalue weighted by Crippen LogP contribution is 2.44. The molecule has 1 atom stereocenters. The van der Waals surface area contributed by atoms with Gasteiger partial charge in [-0.3, -0.25) is 0 Å². The Balaban J connectivity index is 1.77. The van der Waals surface area contributed by atoms with Gasteiger partial charge in [0.2, 0.25) is 0 Å². The highest BCUT2D eigenvalue weighted by Gasteiger charge is 2.36. The molecule has 1 nitrogen and oxygen atoms in total. The Hall–Kier alpha value is -1.60. The Kier molecular flexibility index (Phi) is 3.16. The molecule has 2 aromatic carbocycles. The molecule has 1 aliphatic heterocycles. The average Bonchev–Trinajstić information content (AvgIpc) is 2.70. The van der Waals surface area contributed by atoms with Gasteiger partial charge in [-0.2, -0.15) is 0 Å². The van der Waals surface area contributed by atoms with Crippen LogP contribution >= 0.6 is 0 Å². The van der Waals surface area contributed by atoms with Crippen LogP contribution in [0.2, 0.25) is 0 Å². The van der Waals surface area contributed by atoms with Crippen molar-refractivity contribution < 1.29 is 4.74 Å². The summed E-state index contributed by atoms with van der Waals surface area (Å²) < 4.78 is 6.24. The average molecular weight is 252 g/mol. The fourth-order valence-corrected chi connectivity index (χ4v) is 2.97. The van der Waals surface area contributed by atoms with E-state index in [0.29, 0.717) is 0 Å². The lowest BCUT2D eigenvalue weighted by atomic mass is 9.93. The minimum absolute atomic E-state index is 0.155. The van der Waals surface area contributed by atoms with Gasteiger partial charge in [0.15, 0.2) is 0 Å². The van der Waals surface area contributed by atoms with Crippen LogP contribution in [0.15, 0.2) is 54.6 Å². The maximum Gasteiger partial charge on any atom is 0.0887 e. The number of ether oxygens (including phenoxy) is 1. The van der Waals surface area contributed by atoms with Crippen molar-refractivity contribution in [3.05, 3.63) is 71.3 Å². The van der Waals surface area contributed by atoms with Crippen LogP contribution in [-0.2, 0) is 16.8 Å². The van der Waals surface area contributed by atoms with E-state index in [9.17, 15) is 0 Å². The second-order valence-corrected chi connectivity index (χ2v) is 5.73. The fraction of sp³-hybridized carbons (Fsp3) is 0.333. The van der Waals surface area contributed by atoms with Crippen LogP contribution in [0.3, 0.4) is 0 Å². The molecule has 0 saturated carbocycles. The molecular weight excluding hydrogens is 232 g/mol. The topological polar surface area (TPSA) is 9.23 Å². The Bertz CT molecular complexity index is 557. The molecular formula is C18H20O. The monoisotopic (exact) mass is 252 g/mol. The van der Waals surface area contributed by atoms with Crippen molar-refractivity contribution >= 4 is 0 Å². The number of benzene rings is 2. The van der Waals surface area contributed by atoms with Crippen LogP contribution in [0.5, 0.6) is 0 Å². The van der Waals surface area contributed by atoms with Crippen molar-refractivity contribution in [1.82, 2.24) is 0 Å².